The smallest absolute Gasteiger partial charge is 0.263 e. The Morgan fingerprint density at radius 2 is 1.97 bits per heavy atom. The van der Waals surface area contributed by atoms with Gasteiger partial charge < -0.3 is 4.74 Å². The first-order chi connectivity index (χ1) is 16.4. The van der Waals surface area contributed by atoms with Gasteiger partial charge in [0.05, 0.1) is 23.8 Å². The van der Waals surface area contributed by atoms with Crippen LogP contribution in [0.2, 0.25) is 5.02 Å². The minimum Gasteiger partial charge on any atom is -0.372 e. The van der Waals surface area contributed by atoms with E-state index in [-0.39, 0.29) is 29.2 Å². The molecule has 1 aliphatic heterocycles. The number of nitrogens with zero attached hydrogens (tertiary/aromatic N) is 2. The second-order valence-electron chi connectivity index (χ2n) is 9.56. The lowest BCUT2D eigenvalue weighted by Gasteiger charge is -2.27. The Morgan fingerprint density at radius 3 is 2.68 bits per heavy atom. The van der Waals surface area contributed by atoms with Crippen molar-refractivity contribution in [2.45, 2.75) is 76.3 Å². The van der Waals surface area contributed by atoms with Gasteiger partial charge in [0, 0.05) is 27.9 Å². The molecular formula is C26H29ClN2O3S2. The average Bonchev–Trinajstić information content (AvgIpc) is 3.21. The molecule has 0 spiro atoms. The van der Waals surface area contributed by atoms with Gasteiger partial charge in [-0.1, -0.05) is 56.5 Å². The highest BCUT2D eigenvalue weighted by Gasteiger charge is 2.30. The number of benzene rings is 1. The molecule has 1 saturated carbocycles. The molecule has 5 rings (SSSR count). The summed E-state index contributed by atoms with van der Waals surface area (Å²) in [6.07, 6.45) is 6.29. The fourth-order valence-electron chi connectivity index (χ4n) is 4.96. The molecule has 0 radical (unpaired) electrons. The third-order valence-electron chi connectivity index (χ3n) is 6.92. The summed E-state index contributed by atoms with van der Waals surface area (Å²) in [5, 5.41) is 2.03. The van der Waals surface area contributed by atoms with Crippen LogP contribution in [-0.2, 0) is 17.8 Å². The molecule has 3 aromatic rings. The van der Waals surface area contributed by atoms with Crippen LogP contribution in [-0.4, -0.2) is 27.2 Å². The Kier molecular flexibility index (Phi) is 7.17. The number of thioether (sulfide) groups is 1. The molecule has 1 fully saturated rings. The maximum atomic E-state index is 14.0. The van der Waals surface area contributed by atoms with Crippen molar-refractivity contribution in [1.29, 1.82) is 0 Å². The van der Waals surface area contributed by atoms with Gasteiger partial charge in [-0.2, -0.15) is 0 Å². The molecule has 3 heterocycles. The zero-order chi connectivity index (χ0) is 23.8. The molecular weight excluding hydrogens is 488 g/mol. The highest BCUT2D eigenvalue weighted by molar-refractivity contribution is 7.99. The molecule has 0 N–H and O–H groups in total. The van der Waals surface area contributed by atoms with Crippen molar-refractivity contribution >= 4 is 50.7 Å². The first kappa shape index (κ1) is 24.0. The highest BCUT2D eigenvalue weighted by atomic mass is 35.5. The topological polar surface area (TPSA) is 61.2 Å². The lowest BCUT2D eigenvalue weighted by Crippen LogP contribution is -2.31. The molecule has 8 heteroatoms. The largest absolute Gasteiger partial charge is 0.372 e. The zero-order valence-corrected chi connectivity index (χ0v) is 21.9. The van der Waals surface area contributed by atoms with Crippen LogP contribution in [0.4, 0.5) is 0 Å². The van der Waals surface area contributed by atoms with E-state index in [9.17, 15) is 9.59 Å². The summed E-state index contributed by atoms with van der Waals surface area (Å²) in [7, 11) is 0. The van der Waals surface area contributed by atoms with Crippen LogP contribution in [0.25, 0.3) is 10.2 Å². The number of hydrogen-bond acceptors (Lipinski definition) is 6. The van der Waals surface area contributed by atoms with Gasteiger partial charge in [0.25, 0.3) is 5.56 Å². The van der Waals surface area contributed by atoms with Gasteiger partial charge >= 0.3 is 0 Å². The maximum absolute atomic E-state index is 14.0. The van der Waals surface area contributed by atoms with E-state index in [1.165, 1.54) is 18.2 Å². The molecule has 0 bridgehead atoms. The summed E-state index contributed by atoms with van der Waals surface area (Å²) in [5.74, 6) is 0.630. The second-order valence-corrected chi connectivity index (χ2v) is 12.0. The number of Topliss-reactive ketones (excluding diaryl/α,β-unsaturated/α-hetero) is 1. The lowest BCUT2D eigenvalue weighted by molar-refractivity contribution is 0.00200. The molecule has 2 aromatic heterocycles. The normalized spacial score (nSPS) is 19.0. The number of halogens is 1. The van der Waals surface area contributed by atoms with E-state index in [0.29, 0.717) is 28.3 Å². The van der Waals surface area contributed by atoms with Gasteiger partial charge in [0.2, 0.25) is 0 Å². The van der Waals surface area contributed by atoms with Crippen LogP contribution in [0.15, 0.2) is 34.2 Å². The van der Waals surface area contributed by atoms with Crippen LogP contribution in [0.5, 0.6) is 0 Å². The fourth-order valence-corrected chi connectivity index (χ4v) is 7.21. The van der Waals surface area contributed by atoms with E-state index in [1.807, 2.05) is 4.57 Å². The summed E-state index contributed by atoms with van der Waals surface area (Å²) in [5.41, 5.74) is 1.80. The van der Waals surface area contributed by atoms with E-state index in [4.69, 9.17) is 21.3 Å². The highest BCUT2D eigenvalue weighted by Crippen LogP contribution is 2.38. The molecule has 34 heavy (non-hydrogen) atoms. The Hall–Kier alpha value is -1.67. The van der Waals surface area contributed by atoms with Gasteiger partial charge in [0.1, 0.15) is 4.83 Å². The van der Waals surface area contributed by atoms with Crippen LogP contribution in [0.3, 0.4) is 0 Å². The number of carbonyl (C=O) groups is 1. The van der Waals surface area contributed by atoms with Crippen LogP contribution in [0, 0.1) is 5.92 Å². The first-order valence-corrected chi connectivity index (χ1v) is 14.2. The van der Waals surface area contributed by atoms with Crippen LogP contribution in [0.1, 0.15) is 72.8 Å². The second kappa shape index (κ2) is 10.1. The quantitative estimate of drug-likeness (QED) is 0.207. The third kappa shape index (κ3) is 4.72. The number of ether oxygens (including phenoxy) is 1. The number of fused-ring (bicyclic) bond motifs is 3. The molecule has 0 unspecified atom stereocenters. The number of aromatic nitrogens is 2. The average molecular weight is 517 g/mol. The summed E-state index contributed by atoms with van der Waals surface area (Å²) < 4.78 is 7.97. The Labute approximate surface area is 212 Å². The van der Waals surface area contributed by atoms with Gasteiger partial charge in [-0.05, 0) is 48.6 Å². The molecule has 1 aromatic carbocycles. The maximum Gasteiger partial charge on any atom is 0.263 e. The third-order valence-corrected chi connectivity index (χ3v) is 9.23. The summed E-state index contributed by atoms with van der Waals surface area (Å²) in [6, 6.07) is 7.08. The van der Waals surface area contributed by atoms with Crippen molar-refractivity contribution < 1.29 is 9.53 Å². The number of rotatable bonds is 6. The van der Waals surface area contributed by atoms with E-state index >= 15 is 0 Å². The zero-order valence-electron chi connectivity index (χ0n) is 19.5. The van der Waals surface area contributed by atoms with Gasteiger partial charge in [0.15, 0.2) is 10.9 Å². The van der Waals surface area contributed by atoms with Crippen molar-refractivity contribution in [2.24, 2.45) is 5.92 Å². The fraction of sp³-hybridized carbons (Fsp3) is 0.500. The molecule has 1 atom stereocenters. The molecule has 5 nitrogen and oxygen atoms in total. The number of thiophene rings is 1. The molecule has 1 aliphatic carbocycles. The number of hydrogen-bond donors (Lipinski definition) is 0. The van der Waals surface area contributed by atoms with Crippen molar-refractivity contribution in [1.82, 2.24) is 9.55 Å². The molecule has 180 valence electrons. The predicted molar refractivity (Wildman–Crippen MR) is 140 cm³/mol. The van der Waals surface area contributed by atoms with Gasteiger partial charge in [-0.25, -0.2) is 4.98 Å². The minimum absolute atomic E-state index is 0.00450. The lowest BCUT2D eigenvalue weighted by atomic mass is 9.94. The molecule has 2 aliphatic rings. The molecule has 0 saturated heterocycles. The summed E-state index contributed by atoms with van der Waals surface area (Å²) in [6.45, 7) is 4.87. The van der Waals surface area contributed by atoms with E-state index in [0.717, 1.165) is 52.8 Å². The van der Waals surface area contributed by atoms with E-state index in [1.54, 1.807) is 35.6 Å². The van der Waals surface area contributed by atoms with E-state index < -0.39 is 0 Å². The Bertz CT molecular complexity index is 1260. The molecule has 0 amide bonds. The van der Waals surface area contributed by atoms with Crippen molar-refractivity contribution in [3.05, 3.63) is 55.6 Å². The number of carbonyl (C=O) groups excluding carboxylic acids is 1. The SMILES string of the molecule is CC(C)[C@H]1Cc2c(sc3nc(SCC(=O)c4ccc(Cl)cc4)n(C4CCCCC4)c(=O)c23)CO1. The number of ketones is 1. The Balaban J connectivity index is 1.53. The van der Waals surface area contributed by atoms with Crippen molar-refractivity contribution in [2.75, 3.05) is 5.75 Å². The standard InChI is InChI=1S/C26H29ClN2O3S2/c1-15(2)21-12-19-22(13-32-21)34-24-23(19)25(31)29(18-6-4-3-5-7-18)26(28-24)33-14-20(30)16-8-10-17(27)11-9-16/h8-11,15,18,21H,3-7,12-14H2,1-2H3/t21-/m1/s1. The van der Waals surface area contributed by atoms with Crippen molar-refractivity contribution in [3.63, 3.8) is 0 Å². The Morgan fingerprint density at radius 1 is 1.24 bits per heavy atom. The summed E-state index contributed by atoms with van der Waals surface area (Å²) >= 11 is 8.91. The van der Waals surface area contributed by atoms with Gasteiger partial charge in [-0.15, -0.1) is 11.3 Å². The predicted octanol–water partition coefficient (Wildman–Crippen LogP) is 6.69. The summed E-state index contributed by atoms with van der Waals surface area (Å²) in [4.78, 5) is 33.7. The van der Waals surface area contributed by atoms with Crippen LogP contribution >= 0.6 is 34.7 Å². The van der Waals surface area contributed by atoms with Crippen molar-refractivity contribution in [3.8, 4) is 0 Å². The van der Waals surface area contributed by atoms with Gasteiger partial charge in [-0.3, -0.25) is 14.2 Å². The monoisotopic (exact) mass is 516 g/mol. The van der Waals surface area contributed by atoms with E-state index in [2.05, 4.69) is 13.8 Å². The first-order valence-electron chi connectivity index (χ1n) is 12.0. The van der Waals surface area contributed by atoms with Crippen LogP contribution < -0.4 is 5.56 Å². The minimum atomic E-state index is 0.00450.